The first-order valence-corrected chi connectivity index (χ1v) is 5.63. The highest BCUT2D eigenvalue weighted by atomic mass is 19.5. The third-order valence-corrected chi connectivity index (χ3v) is 2.97. The molecule has 0 spiro atoms. The molecule has 2 rings (SSSR count). The van der Waals surface area contributed by atoms with Crippen molar-refractivity contribution < 1.29 is 21.8 Å². The van der Waals surface area contributed by atoms with E-state index in [0.717, 1.165) is 6.42 Å². The molecule has 1 aromatic carbocycles. The van der Waals surface area contributed by atoms with E-state index in [0.29, 0.717) is 0 Å². The summed E-state index contributed by atoms with van der Waals surface area (Å²) in [6.07, 6.45) is 3.37. The van der Waals surface area contributed by atoms with E-state index < -0.39 is 7.25 Å². The van der Waals surface area contributed by atoms with Gasteiger partial charge in [-0.2, -0.15) is 0 Å². The number of nitrogens with zero attached hydrogens (tertiary/aromatic N) is 1. The quantitative estimate of drug-likeness (QED) is 0.382. The van der Waals surface area contributed by atoms with Crippen molar-refractivity contribution in [2.75, 3.05) is 7.05 Å². The van der Waals surface area contributed by atoms with Crippen molar-refractivity contribution in [1.82, 2.24) is 0 Å². The molecular formula is C12H16BF4N. The highest BCUT2D eigenvalue weighted by Crippen LogP contribution is 2.22. The molecule has 1 aliphatic heterocycles. The largest absolute Gasteiger partial charge is 0.673 e. The van der Waals surface area contributed by atoms with Crippen molar-refractivity contribution in [1.29, 1.82) is 0 Å². The first-order valence-electron chi connectivity index (χ1n) is 5.63. The normalized spacial score (nSPS) is 17.2. The van der Waals surface area contributed by atoms with Crippen LogP contribution in [0.2, 0.25) is 0 Å². The van der Waals surface area contributed by atoms with Crippen molar-refractivity contribution in [3.05, 3.63) is 35.4 Å². The number of benzene rings is 1. The second-order valence-electron chi connectivity index (χ2n) is 4.92. The predicted molar refractivity (Wildman–Crippen MR) is 65.8 cm³/mol. The molecule has 0 N–H and O–H groups in total. The Bertz CT molecular complexity index is 446. The van der Waals surface area contributed by atoms with Crippen molar-refractivity contribution in [3.8, 4) is 0 Å². The highest BCUT2D eigenvalue weighted by molar-refractivity contribution is 6.50. The molecule has 18 heavy (non-hydrogen) atoms. The summed E-state index contributed by atoms with van der Waals surface area (Å²) in [5.74, 6) is 0. The SMILES string of the molecule is C[N+]1=Cc2ccccc2CC1(C)C.F[B-](F)(F)F. The van der Waals surface area contributed by atoms with Crippen LogP contribution in [0, 0.1) is 0 Å². The van der Waals surface area contributed by atoms with Gasteiger partial charge < -0.3 is 17.3 Å². The van der Waals surface area contributed by atoms with Crippen LogP contribution in [0.4, 0.5) is 17.3 Å². The second-order valence-corrected chi connectivity index (χ2v) is 4.92. The van der Waals surface area contributed by atoms with Gasteiger partial charge in [-0.3, -0.25) is 0 Å². The summed E-state index contributed by atoms with van der Waals surface area (Å²) in [4.78, 5) is 0. The molecule has 100 valence electrons. The Morgan fingerprint density at radius 1 is 1.11 bits per heavy atom. The minimum atomic E-state index is -6.00. The van der Waals surface area contributed by atoms with Crippen LogP contribution in [0.15, 0.2) is 24.3 Å². The zero-order chi connectivity index (χ0) is 14.0. The van der Waals surface area contributed by atoms with E-state index in [1.54, 1.807) is 0 Å². The summed E-state index contributed by atoms with van der Waals surface area (Å²) >= 11 is 0. The zero-order valence-electron chi connectivity index (χ0n) is 10.6. The summed E-state index contributed by atoms with van der Waals surface area (Å²) in [5, 5.41) is 0. The van der Waals surface area contributed by atoms with Crippen molar-refractivity contribution in [2.45, 2.75) is 25.8 Å². The van der Waals surface area contributed by atoms with Crippen LogP contribution >= 0.6 is 0 Å². The summed E-state index contributed by atoms with van der Waals surface area (Å²) in [6, 6.07) is 8.62. The van der Waals surface area contributed by atoms with Gasteiger partial charge in [0.1, 0.15) is 7.05 Å². The van der Waals surface area contributed by atoms with Crippen LogP contribution in [-0.2, 0) is 6.42 Å². The van der Waals surface area contributed by atoms with E-state index in [-0.39, 0.29) is 5.54 Å². The van der Waals surface area contributed by atoms with Crippen molar-refractivity contribution >= 4 is 13.5 Å². The number of fused-ring (bicyclic) bond motifs is 1. The van der Waals surface area contributed by atoms with Crippen LogP contribution in [-0.4, -0.2) is 30.6 Å². The first kappa shape index (κ1) is 14.7. The fourth-order valence-corrected chi connectivity index (χ4v) is 1.80. The Balaban J connectivity index is 0.000000280. The fourth-order valence-electron chi connectivity index (χ4n) is 1.80. The lowest BCUT2D eigenvalue weighted by molar-refractivity contribution is -0.572. The molecule has 0 atom stereocenters. The molecule has 6 heteroatoms. The lowest BCUT2D eigenvalue weighted by Gasteiger charge is -2.25. The lowest BCUT2D eigenvalue weighted by Crippen LogP contribution is -2.40. The van der Waals surface area contributed by atoms with E-state index in [9.17, 15) is 17.3 Å². The van der Waals surface area contributed by atoms with Crippen molar-refractivity contribution in [2.24, 2.45) is 0 Å². The topological polar surface area (TPSA) is 3.01 Å². The third kappa shape index (κ3) is 4.51. The summed E-state index contributed by atoms with van der Waals surface area (Å²) in [7, 11) is -3.85. The fraction of sp³-hybridized carbons (Fsp3) is 0.417. The van der Waals surface area contributed by atoms with E-state index in [1.807, 2.05) is 0 Å². The van der Waals surface area contributed by atoms with Crippen LogP contribution in [0.5, 0.6) is 0 Å². The standard InChI is InChI=1S/C12H16N.BF4/c1-12(2)8-10-6-4-5-7-11(10)9-13(12)3;2-1(3,4)5/h4-7,9H,8H2,1-3H3;/q+1;-1. The molecular weight excluding hydrogens is 245 g/mol. The van der Waals surface area contributed by atoms with Gasteiger partial charge in [0.2, 0.25) is 0 Å². The second kappa shape index (κ2) is 5.12. The summed E-state index contributed by atoms with van der Waals surface area (Å²) in [5.41, 5.74) is 3.09. The van der Waals surface area contributed by atoms with E-state index in [4.69, 9.17) is 0 Å². The first-order chi connectivity index (χ1) is 8.09. The number of rotatable bonds is 0. The molecule has 1 aromatic rings. The zero-order valence-corrected chi connectivity index (χ0v) is 10.6. The van der Waals surface area contributed by atoms with Gasteiger partial charge in [0.25, 0.3) is 0 Å². The van der Waals surface area contributed by atoms with Crippen LogP contribution in [0.1, 0.15) is 25.0 Å². The number of hydrogen-bond donors (Lipinski definition) is 0. The Labute approximate surface area is 104 Å². The van der Waals surface area contributed by atoms with Gasteiger partial charge >= 0.3 is 7.25 Å². The third-order valence-electron chi connectivity index (χ3n) is 2.97. The van der Waals surface area contributed by atoms with Gasteiger partial charge in [-0.05, 0) is 11.6 Å². The Kier molecular flexibility index (Phi) is 4.19. The van der Waals surface area contributed by atoms with Gasteiger partial charge in [-0.25, -0.2) is 4.58 Å². The maximum atomic E-state index is 9.75. The molecule has 0 unspecified atom stereocenters. The lowest BCUT2D eigenvalue weighted by atomic mass is 9.89. The Morgan fingerprint density at radius 3 is 2.17 bits per heavy atom. The average molecular weight is 261 g/mol. The summed E-state index contributed by atoms with van der Waals surface area (Å²) < 4.78 is 41.3. The predicted octanol–water partition coefficient (Wildman–Crippen LogP) is 3.38. The Morgan fingerprint density at radius 2 is 1.61 bits per heavy atom. The maximum absolute atomic E-state index is 9.75. The molecule has 0 aromatic heterocycles. The molecule has 0 fully saturated rings. The minimum absolute atomic E-state index is 0.258. The molecule has 0 saturated carbocycles. The molecule has 0 saturated heterocycles. The Hall–Kier alpha value is -1.33. The number of halogens is 4. The molecule has 0 bridgehead atoms. The molecule has 0 radical (unpaired) electrons. The highest BCUT2D eigenvalue weighted by Gasteiger charge is 2.31. The van der Waals surface area contributed by atoms with E-state index in [2.05, 4.69) is 56.0 Å². The number of hydrogen-bond acceptors (Lipinski definition) is 0. The smallest absolute Gasteiger partial charge is 0.418 e. The van der Waals surface area contributed by atoms with Gasteiger partial charge in [0.05, 0.1) is 0 Å². The van der Waals surface area contributed by atoms with Crippen LogP contribution in [0.25, 0.3) is 0 Å². The molecule has 1 aliphatic rings. The van der Waals surface area contributed by atoms with Crippen LogP contribution < -0.4 is 0 Å². The monoisotopic (exact) mass is 261 g/mol. The van der Waals surface area contributed by atoms with Gasteiger partial charge in [0, 0.05) is 25.8 Å². The van der Waals surface area contributed by atoms with Gasteiger partial charge in [-0.15, -0.1) is 0 Å². The summed E-state index contributed by atoms with van der Waals surface area (Å²) in [6.45, 7) is 4.55. The van der Waals surface area contributed by atoms with Crippen molar-refractivity contribution in [3.63, 3.8) is 0 Å². The van der Waals surface area contributed by atoms with Crippen LogP contribution in [0.3, 0.4) is 0 Å². The van der Waals surface area contributed by atoms with Gasteiger partial charge in [-0.1, -0.05) is 18.2 Å². The minimum Gasteiger partial charge on any atom is -0.418 e. The maximum Gasteiger partial charge on any atom is 0.673 e. The number of likely N-dealkylation sites (N-methyl/N-ethyl adjacent to an activating group) is 1. The molecule has 0 amide bonds. The molecule has 1 nitrogen and oxygen atoms in total. The molecule has 0 aliphatic carbocycles. The van der Waals surface area contributed by atoms with E-state index >= 15 is 0 Å². The molecule has 1 heterocycles. The van der Waals surface area contributed by atoms with E-state index in [1.165, 1.54) is 11.1 Å². The average Bonchev–Trinajstić information content (AvgIpc) is 2.16. The van der Waals surface area contributed by atoms with Gasteiger partial charge in [0.15, 0.2) is 11.8 Å².